The van der Waals surface area contributed by atoms with Crippen molar-refractivity contribution in [1.82, 2.24) is 0 Å². The number of rotatable bonds is 2. The van der Waals surface area contributed by atoms with E-state index in [0.717, 1.165) is 6.08 Å². The van der Waals surface area contributed by atoms with Crippen LogP contribution in [0.2, 0.25) is 0 Å². The van der Waals surface area contributed by atoms with Crippen molar-refractivity contribution in [2.24, 2.45) is 0 Å². The molecule has 0 aliphatic heterocycles. The van der Waals surface area contributed by atoms with E-state index < -0.39 is 5.97 Å². The van der Waals surface area contributed by atoms with Crippen molar-refractivity contribution in [2.75, 3.05) is 0 Å². The van der Waals surface area contributed by atoms with Gasteiger partial charge in [0.25, 0.3) is 0 Å². The molecule has 0 aliphatic rings. The Morgan fingerprint density at radius 1 is 1.21 bits per heavy atom. The van der Waals surface area contributed by atoms with Gasteiger partial charge in [0, 0.05) is 28.5 Å². The normalized spacial score (nSPS) is 9.71. The van der Waals surface area contributed by atoms with Gasteiger partial charge >= 0.3 is 5.97 Å². The summed E-state index contributed by atoms with van der Waals surface area (Å²) in [6.07, 6.45) is 2.27. The molecule has 0 fully saturated rings. The fraction of sp³-hybridized carbons (Fsp3) is 0. The van der Waals surface area contributed by atoms with E-state index in [1.165, 1.54) is 24.3 Å². The third-order valence-electron chi connectivity index (χ3n) is 1.42. The van der Waals surface area contributed by atoms with Crippen LogP contribution in [0.3, 0.4) is 0 Å². The maximum Gasteiger partial charge on any atom is 0.328 e. The van der Waals surface area contributed by atoms with Crippen molar-refractivity contribution >= 4 is 12.0 Å². The van der Waals surface area contributed by atoms with Crippen LogP contribution in [0, 0.1) is 0 Å². The Morgan fingerprint density at radius 2 is 1.86 bits per heavy atom. The van der Waals surface area contributed by atoms with Crippen molar-refractivity contribution < 1.29 is 42.5 Å². The maximum atomic E-state index is 10.1. The number of hydrogen-bond acceptors (Lipinski definition) is 3. The number of carbonyl (C=O) groups is 1. The number of benzene rings is 1. The fourth-order valence-electron chi connectivity index (χ4n) is 0.812. The monoisotopic (exact) mass is 287 g/mol. The van der Waals surface area contributed by atoms with Crippen LogP contribution in [-0.2, 0) is 27.2 Å². The minimum absolute atomic E-state index is 0. The average Bonchev–Trinajstić information content (AvgIpc) is 2.07. The quantitative estimate of drug-likeness (QED) is 0.434. The second-order valence-electron chi connectivity index (χ2n) is 2.42. The van der Waals surface area contributed by atoms with E-state index >= 15 is 0 Å². The molecule has 1 radical (unpaired) electrons. The van der Waals surface area contributed by atoms with Gasteiger partial charge in [-0.1, -0.05) is 6.07 Å². The van der Waals surface area contributed by atoms with E-state index in [-0.39, 0.29) is 33.9 Å². The number of phenolic OH excluding ortho intramolecular Hbond substituents is 2. The Balaban J connectivity index is 0.00000169. The summed E-state index contributed by atoms with van der Waals surface area (Å²) in [4.78, 5) is 10.1. The third-order valence-corrected chi connectivity index (χ3v) is 1.42. The van der Waals surface area contributed by atoms with Crippen molar-refractivity contribution in [3.8, 4) is 11.5 Å². The Labute approximate surface area is 96.0 Å². The minimum atomic E-state index is -1.06. The molecule has 1 aromatic carbocycles. The fourth-order valence-corrected chi connectivity index (χ4v) is 0.812. The van der Waals surface area contributed by atoms with Gasteiger partial charge in [-0.25, -0.2) is 4.79 Å². The van der Waals surface area contributed by atoms with Crippen LogP contribution < -0.4 is 0 Å². The molecule has 14 heavy (non-hydrogen) atoms. The largest absolute Gasteiger partial charge is 0.504 e. The molecule has 0 bridgehead atoms. The van der Waals surface area contributed by atoms with Crippen LogP contribution in [0.15, 0.2) is 24.3 Å². The van der Waals surface area contributed by atoms with Crippen molar-refractivity contribution in [2.45, 2.75) is 0 Å². The van der Waals surface area contributed by atoms with Gasteiger partial charge in [-0.05, 0) is 23.8 Å². The van der Waals surface area contributed by atoms with E-state index in [2.05, 4.69) is 0 Å². The molecule has 4 nitrogen and oxygen atoms in total. The van der Waals surface area contributed by atoms with Gasteiger partial charge in [0.1, 0.15) is 0 Å². The van der Waals surface area contributed by atoms with Crippen LogP contribution >= 0.6 is 0 Å². The van der Waals surface area contributed by atoms with Crippen LogP contribution in [0.5, 0.6) is 11.5 Å². The summed E-state index contributed by atoms with van der Waals surface area (Å²) >= 11 is 0. The number of hydrogen-bond donors (Lipinski definition) is 3. The summed E-state index contributed by atoms with van der Waals surface area (Å²) < 4.78 is 0. The zero-order valence-electron chi connectivity index (χ0n) is 6.94. The molecule has 0 aliphatic carbocycles. The Hall–Kier alpha value is -1.23. The summed E-state index contributed by atoms with van der Waals surface area (Å²) in [6.45, 7) is 0. The van der Waals surface area contributed by atoms with Crippen LogP contribution in [0.25, 0.3) is 6.08 Å². The number of phenols is 2. The Kier molecular flexibility index (Phi) is 5.01. The second kappa shape index (κ2) is 5.49. The van der Waals surface area contributed by atoms with Crippen molar-refractivity contribution in [3.63, 3.8) is 0 Å². The average molecular weight is 288 g/mol. The van der Waals surface area contributed by atoms with Crippen molar-refractivity contribution in [1.29, 1.82) is 0 Å². The van der Waals surface area contributed by atoms with Gasteiger partial charge < -0.3 is 15.3 Å². The molecule has 79 valence electrons. The zero-order chi connectivity index (χ0) is 9.84. The van der Waals surface area contributed by atoms with Gasteiger partial charge in [0.15, 0.2) is 11.5 Å². The first-order valence-corrected chi connectivity index (χ1v) is 3.52. The minimum Gasteiger partial charge on any atom is -0.504 e. The third kappa shape index (κ3) is 3.66. The molecule has 0 spiro atoms. The van der Waals surface area contributed by atoms with Crippen LogP contribution in [0.4, 0.5) is 0 Å². The predicted molar refractivity (Wildman–Crippen MR) is 46.4 cm³/mol. The van der Waals surface area contributed by atoms with Crippen LogP contribution in [0.1, 0.15) is 5.56 Å². The number of aromatic hydroxyl groups is 2. The Morgan fingerprint density at radius 3 is 2.36 bits per heavy atom. The first-order valence-electron chi connectivity index (χ1n) is 3.52. The number of carboxylic acids is 1. The summed E-state index contributed by atoms with van der Waals surface area (Å²) in [5.41, 5.74) is 0.512. The first kappa shape index (κ1) is 12.8. The Bertz CT molecular complexity index is 360. The van der Waals surface area contributed by atoms with Gasteiger partial charge in [0.2, 0.25) is 0 Å². The van der Waals surface area contributed by atoms with Gasteiger partial charge in [0.05, 0.1) is 0 Å². The molecule has 1 rings (SSSR count). The summed E-state index contributed by atoms with van der Waals surface area (Å²) in [5, 5.41) is 26.3. The van der Waals surface area contributed by atoms with Crippen molar-refractivity contribution in [3.05, 3.63) is 29.8 Å². The van der Waals surface area contributed by atoms with E-state index in [1.807, 2.05) is 0 Å². The number of carboxylic acid groups (broad SMARTS) is 1. The second-order valence-corrected chi connectivity index (χ2v) is 2.42. The molecular weight excluding hydrogens is 280 g/mol. The summed E-state index contributed by atoms with van der Waals surface area (Å²) in [5.74, 6) is -1.56. The van der Waals surface area contributed by atoms with Gasteiger partial charge in [-0.15, -0.1) is 0 Å². The zero-order valence-corrected chi connectivity index (χ0v) is 8.42. The molecule has 1 aromatic rings. The molecular formula is C9H8AgO4. The molecule has 0 saturated carbocycles. The molecule has 3 N–H and O–H groups in total. The molecule has 0 amide bonds. The smallest absolute Gasteiger partial charge is 0.328 e. The topological polar surface area (TPSA) is 77.8 Å². The summed E-state index contributed by atoms with van der Waals surface area (Å²) in [7, 11) is 0. The molecule has 0 atom stereocenters. The standard InChI is InChI=1S/C9H8O4.Ag/c10-7-3-1-6(5-8(7)11)2-4-9(12)13;/h1-5,10-11H,(H,12,13);/b4-2+;. The van der Waals surface area contributed by atoms with E-state index in [4.69, 9.17) is 15.3 Å². The maximum absolute atomic E-state index is 10.1. The number of aliphatic carboxylic acids is 1. The predicted octanol–water partition coefficient (Wildman–Crippen LogP) is 1.19. The summed E-state index contributed by atoms with van der Waals surface area (Å²) in [6, 6.07) is 4.06. The van der Waals surface area contributed by atoms with E-state index in [1.54, 1.807) is 0 Å². The first-order chi connectivity index (χ1) is 6.09. The molecule has 0 unspecified atom stereocenters. The van der Waals surface area contributed by atoms with Gasteiger partial charge in [-0.2, -0.15) is 0 Å². The molecule has 0 saturated heterocycles. The SMILES string of the molecule is O=C(O)/C=C/c1ccc(O)c(O)c1.[Ag]. The van der Waals surface area contributed by atoms with Gasteiger partial charge in [-0.3, -0.25) is 0 Å². The van der Waals surface area contributed by atoms with Crippen LogP contribution in [-0.4, -0.2) is 21.3 Å². The van der Waals surface area contributed by atoms with E-state index in [0.29, 0.717) is 5.56 Å². The molecule has 5 heteroatoms. The molecule has 0 aromatic heterocycles. The molecule has 0 heterocycles. The van der Waals surface area contributed by atoms with E-state index in [9.17, 15) is 4.79 Å².